The highest BCUT2D eigenvalue weighted by Crippen LogP contribution is 2.44. The van der Waals surface area contributed by atoms with Crippen LogP contribution in [0.25, 0.3) is 0 Å². The van der Waals surface area contributed by atoms with E-state index in [1.165, 1.54) is 6.07 Å². The molecule has 2 heterocycles. The maximum absolute atomic E-state index is 14.1. The number of fused-ring (bicyclic) bond motifs is 2. The normalized spacial score (nSPS) is 22.4. The van der Waals surface area contributed by atoms with E-state index in [-0.39, 0.29) is 11.7 Å². The second kappa shape index (κ2) is 5.43. The first-order valence-corrected chi connectivity index (χ1v) is 7.94. The molecule has 2 aliphatic rings. The monoisotopic (exact) mass is 321 g/mol. The number of carbonyl (C=O) groups is 1. The number of rotatable bonds is 2. The van der Waals surface area contributed by atoms with Crippen LogP contribution in [0, 0.1) is 17.1 Å². The van der Waals surface area contributed by atoms with Crippen LogP contribution in [-0.4, -0.2) is 23.9 Å². The number of para-hydroxylation sites is 1. The molecule has 1 unspecified atom stereocenters. The molecule has 120 valence electrons. The standard InChI is InChI=1S/C19H16FN3O/c20-16-9-13(10-21)5-6-14(16)11-23-8-7-19(12-23)15-3-1-2-4-17(15)22-18(19)24/h1-6,9H,7-8,11-12H2,(H,22,24). The third kappa shape index (κ3) is 2.19. The highest BCUT2D eigenvalue weighted by atomic mass is 19.1. The Morgan fingerprint density at radius 3 is 2.92 bits per heavy atom. The number of nitriles is 1. The van der Waals surface area contributed by atoms with Gasteiger partial charge in [-0.2, -0.15) is 5.26 Å². The van der Waals surface area contributed by atoms with Gasteiger partial charge in [0.15, 0.2) is 0 Å². The van der Waals surface area contributed by atoms with Crippen LogP contribution in [0.3, 0.4) is 0 Å². The molecule has 4 nitrogen and oxygen atoms in total. The summed E-state index contributed by atoms with van der Waals surface area (Å²) in [6.45, 7) is 1.76. The zero-order chi connectivity index (χ0) is 16.7. The molecule has 4 rings (SSSR count). The van der Waals surface area contributed by atoms with E-state index >= 15 is 0 Å². The lowest BCUT2D eigenvalue weighted by molar-refractivity contribution is -0.120. The summed E-state index contributed by atoms with van der Waals surface area (Å²) >= 11 is 0. The van der Waals surface area contributed by atoms with E-state index in [0.29, 0.717) is 24.2 Å². The fraction of sp³-hybridized carbons (Fsp3) is 0.263. The lowest BCUT2D eigenvalue weighted by atomic mass is 9.81. The number of anilines is 1. The second-order valence-electron chi connectivity index (χ2n) is 6.46. The first-order chi connectivity index (χ1) is 11.6. The van der Waals surface area contributed by atoms with Crippen LogP contribution < -0.4 is 5.32 Å². The van der Waals surface area contributed by atoms with Gasteiger partial charge in [-0.15, -0.1) is 0 Å². The summed E-state index contributed by atoms with van der Waals surface area (Å²) in [5, 5.41) is 11.8. The lowest BCUT2D eigenvalue weighted by Crippen LogP contribution is -2.37. The van der Waals surface area contributed by atoms with Gasteiger partial charge in [0, 0.05) is 24.3 Å². The van der Waals surface area contributed by atoms with Gasteiger partial charge in [0.2, 0.25) is 5.91 Å². The maximum Gasteiger partial charge on any atom is 0.236 e. The summed E-state index contributed by atoms with van der Waals surface area (Å²) in [5.41, 5.74) is 2.27. The van der Waals surface area contributed by atoms with Gasteiger partial charge in [-0.05, 0) is 36.7 Å². The Hall–Kier alpha value is -2.71. The van der Waals surface area contributed by atoms with Crippen molar-refractivity contribution in [3.8, 4) is 6.07 Å². The topological polar surface area (TPSA) is 56.1 Å². The van der Waals surface area contributed by atoms with Crippen molar-refractivity contribution in [1.82, 2.24) is 4.90 Å². The van der Waals surface area contributed by atoms with Gasteiger partial charge in [0.05, 0.1) is 17.0 Å². The average Bonchev–Trinajstić information content (AvgIpc) is 3.13. The van der Waals surface area contributed by atoms with E-state index in [2.05, 4.69) is 10.2 Å². The summed E-state index contributed by atoms with van der Waals surface area (Å²) in [6.07, 6.45) is 0.730. The number of hydrogen-bond donors (Lipinski definition) is 1. The maximum atomic E-state index is 14.1. The fourth-order valence-electron chi connectivity index (χ4n) is 3.79. The van der Waals surface area contributed by atoms with Crippen LogP contribution >= 0.6 is 0 Å². The molecule has 1 saturated heterocycles. The molecule has 2 aliphatic heterocycles. The highest BCUT2D eigenvalue weighted by molar-refractivity contribution is 6.06. The third-order valence-electron chi connectivity index (χ3n) is 5.05. The molecule has 1 N–H and O–H groups in total. The van der Waals surface area contributed by atoms with Gasteiger partial charge in [0.1, 0.15) is 5.82 Å². The predicted octanol–water partition coefficient (Wildman–Crippen LogP) is 2.79. The van der Waals surface area contributed by atoms with E-state index in [1.54, 1.807) is 12.1 Å². The summed E-state index contributed by atoms with van der Waals surface area (Å²) in [4.78, 5) is 14.7. The highest BCUT2D eigenvalue weighted by Gasteiger charge is 2.50. The average molecular weight is 321 g/mol. The Morgan fingerprint density at radius 1 is 1.29 bits per heavy atom. The van der Waals surface area contributed by atoms with Gasteiger partial charge >= 0.3 is 0 Å². The number of halogens is 1. The summed E-state index contributed by atoms with van der Waals surface area (Å²) in [6, 6.07) is 14.3. The molecule has 0 saturated carbocycles. The van der Waals surface area contributed by atoms with Gasteiger partial charge in [-0.25, -0.2) is 4.39 Å². The smallest absolute Gasteiger partial charge is 0.236 e. The Bertz CT molecular complexity index is 873. The van der Waals surface area contributed by atoms with Crippen molar-refractivity contribution in [2.45, 2.75) is 18.4 Å². The summed E-state index contributed by atoms with van der Waals surface area (Å²) in [5.74, 6) is -0.335. The summed E-state index contributed by atoms with van der Waals surface area (Å²) in [7, 11) is 0. The number of nitrogens with zero attached hydrogens (tertiary/aromatic N) is 2. The molecule has 2 aromatic carbocycles. The molecule has 0 bridgehead atoms. The zero-order valence-electron chi connectivity index (χ0n) is 13.1. The number of amides is 1. The minimum Gasteiger partial charge on any atom is -0.325 e. The van der Waals surface area contributed by atoms with E-state index in [4.69, 9.17) is 5.26 Å². The molecular formula is C19H16FN3O. The van der Waals surface area contributed by atoms with Crippen molar-refractivity contribution < 1.29 is 9.18 Å². The Balaban J connectivity index is 1.58. The van der Waals surface area contributed by atoms with E-state index in [9.17, 15) is 9.18 Å². The van der Waals surface area contributed by atoms with E-state index < -0.39 is 5.41 Å². The van der Waals surface area contributed by atoms with Crippen LogP contribution in [0.4, 0.5) is 10.1 Å². The van der Waals surface area contributed by atoms with Gasteiger partial charge in [-0.1, -0.05) is 24.3 Å². The number of nitrogens with one attached hydrogen (secondary N) is 1. The molecule has 1 fully saturated rings. The van der Waals surface area contributed by atoms with Gasteiger partial charge in [-0.3, -0.25) is 9.69 Å². The van der Waals surface area contributed by atoms with Crippen LogP contribution in [0.2, 0.25) is 0 Å². The van der Waals surface area contributed by atoms with Crippen molar-refractivity contribution in [3.05, 3.63) is 65.0 Å². The molecule has 5 heteroatoms. The minimum absolute atomic E-state index is 0.0338. The van der Waals surface area contributed by atoms with E-state index in [1.807, 2.05) is 30.3 Å². The molecule has 24 heavy (non-hydrogen) atoms. The largest absolute Gasteiger partial charge is 0.325 e. The summed E-state index contributed by atoms with van der Waals surface area (Å²) < 4.78 is 14.1. The molecule has 2 aromatic rings. The number of benzene rings is 2. The predicted molar refractivity (Wildman–Crippen MR) is 87.8 cm³/mol. The third-order valence-corrected chi connectivity index (χ3v) is 5.05. The van der Waals surface area contributed by atoms with Crippen molar-refractivity contribution in [1.29, 1.82) is 5.26 Å². The van der Waals surface area contributed by atoms with Crippen LogP contribution in [-0.2, 0) is 16.8 Å². The lowest BCUT2D eigenvalue weighted by Gasteiger charge is -2.22. The quantitative estimate of drug-likeness (QED) is 0.925. The molecular weight excluding hydrogens is 305 g/mol. The minimum atomic E-state index is -0.528. The van der Waals surface area contributed by atoms with Crippen molar-refractivity contribution >= 4 is 11.6 Å². The van der Waals surface area contributed by atoms with Crippen LogP contribution in [0.1, 0.15) is 23.1 Å². The van der Waals surface area contributed by atoms with Gasteiger partial charge in [0.25, 0.3) is 0 Å². The number of likely N-dealkylation sites (tertiary alicyclic amines) is 1. The molecule has 1 spiro atoms. The van der Waals surface area contributed by atoms with Crippen molar-refractivity contribution in [3.63, 3.8) is 0 Å². The van der Waals surface area contributed by atoms with Crippen LogP contribution in [0.5, 0.6) is 0 Å². The fourth-order valence-corrected chi connectivity index (χ4v) is 3.79. The van der Waals surface area contributed by atoms with Crippen molar-refractivity contribution in [2.24, 2.45) is 0 Å². The Labute approximate surface area is 139 Å². The Morgan fingerprint density at radius 2 is 2.12 bits per heavy atom. The van der Waals surface area contributed by atoms with Crippen molar-refractivity contribution in [2.75, 3.05) is 18.4 Å². The molecule has 1 amide bonds. The number of carbonyl (C=O) groups excluding carboxylic acids is 1. The molecule has 1 atom stereocenters. The SMILES string of the molecule is N#Cc1ccc(CN2CCC3(C2)C(=O)Nc2ccccc23)c(F)c1. The Kier molecular flexibility index (Phi) is 3.36. The van der Waals surface area contributed by atoms with E-state index in [0.717, 1.165) is 24.2 Å². The van der Waals surface area contributed by atoms with Gasteiger partial charge < -0.3 is 5.32 Å². The molecule has 0 radical (unpaired) electrons. The first-order valence-electron chi connectivity index (χ1n) is 7.94. The zero-order valence-corrected chi connectivity index (χ0v) is 13.1. The number of hydrogen-bond acceptors (Lipinski definition) is 3. The van der Waals surface area contributed by atoms with Crippen LogP contribution in [0.15, 0.2) is 42.5 Å². The molecule has 0 aromatic heterocycles. The first kappa shape index (κ1) is 14.9. The second-order valence-corrected chi connectivity index (χ2v) is 6.46. The molecule has 0 aliphatic carbocycles.